The summed E-state index contributed by atoms with van der Waals surface area (Å²) >= 11 is 6.02. The Morgan fingerprint density at radius 1 is 1.00 bits per heavy atom. The van der Waals surface area contributed by atoms with Crippen molar-refractivity contribution in [1.82, 2.24) is 4.98 Å². The Hall–Kier alpha value is -3.11. The number of benzene rings is 3. The van der Waals surface area contributed by atoms with Crippen LogP contribution in [0.1, 0.15) is 36.7 Å². The van der Waals surface area contributed by atoms with E-state index in [0.717, 1.165) is 5.56 Å². The number of nitrogens with zero attached hydrogens (tertiary/aromatic N) is 1. The fourth-order valence-electron chi connectivity index (χ4n) is 3.08. The molecule has 1 aromatic heterocycles. The molecule has 1 heterocycles. The van der Waals surface area contributed by atoms with Gasteiger partial charge in [-0.3, -0.25) is 4.79 Å². The van der Waals surface area contributed by atoms with Crippen molar-refractivity contribution in [2.75, 3.05) is 5.32 Å². The molecule has 0 aliphatic rings. The minimum Gasteiger partial charge on any atom is -0.436 e. The molecule has 4 rings (SSSR count). The van der Waals surface area contributed by atoms with Crippen molar-refractivity contribution in [3.05, 3.63) is 82.9 Å². The van der Waals surface area contributed by atoms with Crippen molar-refractivity contribution in [3.63, 3.8) is 0 Å². The van der Waals surface area contributed by atoms with Gasteiger partial charge in [0.25, 0.3) is 5.91 Å². The molecule has 0 aliphatic heterocycles. The number of halogens is 1. The summed E-state index contributed by atoms with van der Waals surface area (Å²) in [5.74, 6) is 0.319. The monoisotopic (exact) mass is 404 g/mol. The van der Waals surface area contributed by atoms with E-state index in [2.05, 4.69) is 31.1 Å². The zero-order valence-electron chi connectivity index (χ0n) is 16.5. The van der Waals surface area contributed by atoms with Gasteiger partial charge in [-0.15, -0.1) is 0 Å². The van der Waals surface area contributed by atoms with Gasteiger partial charge in [-0.1, -0.05) is 50.6 Å². The number of carbonyl (C=O) groups is 1. The fraction of sp³-hybridized carbons (Fsp3) is 0.167. The standard InChI is InChI=1S/C24H21ClN2O2/c1-24(2,3)17-9-7-15(8-10-17)22(28)26-19-6-4-5-16(13-19)23-27-20-14-18(25)11-12-21(20)29-23/h4-14H,1-3H3,(H,26,28). The van der Waals surface area contributed by atoms with Gasteiger partial charge in [-0.25, -0.2) is 4.98 Å². The second kappa shape index (κ2) is 7.37. The summed E-state index contributed by atoms with van der Waals surface area (Å²) in [6.07, 6.45) is 0. The van der Waals surface area contributed by atoms with Crippen molar-refractivity contribution in [3.8, 4) is 11.5 Å². The lowest BCUT2D eigenvalue weighted by molar-refractivity contribution is 0.102. The summed E-state index contributed by atoms with van der Waals surface area (Å²) in [6.45, 7) is 6.44. The number of hydrogen-bond donors (Lipinski definition) is 1. The van der Waals surface area contributed by atoms with E-state index in [4.69, 9.17) is 16.0 Å². The molecule has 0 bridgehead atoms. The van der Waals surface area contributed by atoms with E-state index in [1.165, 1.54) is 5.56 Å². The molecular weight excluding hydrogens is 384 g/mol. The summed E-state index contributed by atoms with van der Waals surface area (Å²) in [7, 11) is 0. The molecule has 4 nitrogen and oxygen atoms in total. The highest BCUT2D eigenvalue weighted by Crippen LogP contribution is 2.28. The molecule has 29 heavy (non-hydrogen) atoms. The normalized spacial score (nSPS) is 11.6. The predicted octanol–water partition coefficient (Wildman–Crippen LogP) is 6.70. The zero-order valence-corrected chi connectivity index (χ0v) is 17.2. The summed E-state index contributed by atoms with van der Waals surface area (Å²) in [6, 6.07) is 20.4. The Morgan fingerprint density at radius 3 is 2.48 bits per heavy atom. The Balaban J connectivity index is 1.56. The third-order valence-corrected chi connectivity index (χ3v) is 4.97. The summed E-state index contributed by atoms with van der Waals surface area (Å²) in [5, 5.41) is 3.55. The molecule has 0 saturated heterocycles. The molecule has 5 heteroatoms. The molecule has 1 N–H and O–H groups in total. The van der Waals surface area contributed by atoms with Crippen LogP contribution in [0.25, 0.3) is 22.6 Å². The molecule has 4 aromatic rings. The Labute approximate surface area is 174 Å². The first-order valence-electron chi connectivity index (χ1n) is 9.38. The first-order chi connectivity index (χ1) is 13.8. The van der Waals surface area contributed by atoms with Gasteiger partial charge in [0.05, 0.1) is 0 Å². The van der Waals surface area contributed by atoms with E-state index in [0.29, 0.717) is 33.3 Å². The van der Waals surface area contributed by atoms with Crippen LogP contribution in [0.15, 0.2) is 71.1 Å². The van der Waals surface area contributed by atoms with E-state index in [9.17, 15) is 4.79 Å². The number of amides is 1. The van der Waals surface area contributed by atoms with Crippen LogP contribution in [-0.4, -0.2) is 10.9 Å². The maximum atomic E-state index is 12.6. The van der Waals surface area contributed by atoms with Gasteiger partial charge in [-0.05, 0) is 59.5 Å². The quantitative estimate of drug-likeness (QED) is 0.413. The second-order valence-electron chi connectivity index (χ2n) is 7.99. The molecule has 0 spiro atoms. The lowest BCUT2D eigenvalue weighted by atomic mass is 9.87. The van der Waals surface area contributed by atoms with Gasteiger partial charge in [0.2, 0.25) is 5.89 Å². The van der Waals surface area contributed by atoms with Crippen LogP contribution in [-0.2, 0) is 5.41 Å². The van der Waals surface area contributed by atoms with Crippen LogP contribution >= 0.6 is 11.6 Å². The molecule has 0 radical (unpaired) electrons. The highest BCUT2D eigenvalue weighted by Gasteiger charge is 2.15. The number of anilines is 1. The van der Waals surface area contributed by atoms with Crippen molar-refractivity contribution < 1.29 is 9.21 Å². The van der Waals surface area contributed by atoms with Crippen LogP contribution in [0, 0.1) is 0 Å². The number of nitrogens with one attached hydrogen (secondary N) is 1. The lowest BCUT2D eigenvalue weighted by Gasteiger charge is -2.19. The van der Waals surface area contributed by atoms with Gasteiger partial charge in [-0.2, -0.15) is 0 Å². The molecule has 0 atom stereocenters. The molecule has 0 aliphatic carbocycles. The number of aromatic nitrogens is 1. The van der Waals surface area contributed by atoms with Gasteiger partial charge in [0, 0.05) is 21.8 Å². The maximum absolute atomic E-state index is 12.6. The number of oxazole rings is 1. The number of fused-ring (bicyclic) bond motifs is 1. The van der Waals surface area contributed by atoms with Crippen molar-refractivity contribution in [2.45, 2.75) is 26.2 Å². The minimum atomic E-state index is -0.160. The molecule has 0 unspecified atom stereocenters. The van der Waals surface area contributed by atoms with Gasteiger partial charge < -0.3 is 9.73 Å². The smallest absolute Gasteiger partial charge is 0.255 e. The van der Waals surface area contributed by atoms with Gasteiger partial charge >= 0.3 is 0 Å². The Morgan fingerprint density at radius 2 is 1.76 bits per heavy atom. The second-order valence-corrected chi connectivity index (χ2v) is 8.43. The number of rotatable bonds is 3. The largest absolute Gasteiger partial charge is 0.436 e. The SMILES string of the molecule is CC(C)(C)c1ccc(C(=O)Nc2cccc(-c3nc4cc(Cl)ccc4o3)c2)cc1. The van der Waals surface area contributed by atoms with Crippen molar-refractivity contribution in [1.29, 1.82) is 0 Å². The number of hydrogen-bond acceptors (Lipinski definition) is 3. The molecule has 0 saturated carbocycles. The fourth-order valence-corrected chi connectivity index (χ4v) is 3.25. The molecule has 3 aromatic carbocycles. The van der Waals surface area contributed by atoms with Gasteiger partial charge in [0.15, 0.2) is 5.58 Å². The number of carbonyl (C=O) groups excluding carboxylic acids is 1. The van der Waals surface area contributed by atoms with E-state index >= 15 is 0 Å². The van der Waals surface area contributed by atoms with Crippen molar-refractivity contribution in [2.24, 2.45) is 0 Å². The molecule has 0 fully saturated rings. The summed E-state index contributed by atoms with van der Waals surface area (Å²) in [4.78, 5) is 17.1. The topological polar surface area (TPSA) is 55.1 Å². The van der Waals surface area contributed by atoms with E-state index in [-0.39, 0.29) is 11.3 Å². The Bertz CT molecular complexity index is 1190. The highest BCUT2D eigenvalue weighted by atomic mass is 35.5. The van der Waals surface area contributed by atoms with Crippen LogP contribution in [0.4, 0.5) is 5.69 Å². The van der Waals surface area contributed by atoms with E-state index in [1.807, 2.05) is 48.5 Å². The molecular formula is C24H21ClN2O2. The summed E-state index contributed by atoms with van der Waals surface area (Å²) < 4.78 is 5.82. The van der Waals surface area contributed by atoms with Gasteiger partial charge in [0.1, 0.15) is 5.52 Å². The third-order valence-electron chi connectivity index (χ3n) is 4.73. The van der Waals surface area contributed by atoms with Crippen LogP contribution in [0.5, 0.6) is 0 Å². The van der Waals surface area contributed by atoms with Crippen molar-refractivity contribution >= 4 is 34.3 Å². The first kappa shape index (κ1) is 19.2. The third kappa shape index (κ3) is 4.17. The van der Waals surface area contributed by atoms with Crippen LogP contribution in [0.3, 0.4) is 0 Å². The Kier molecular flexibility index (Phi) is 4.89. The average molecular weight is 405 g/mol. The zero-order chi connectivity index (χ0) is 20.6. The highest BCUT2D eigenvalue weighted by molar-refractivity contribution is 6.31. The molecule has 146 valence electrons. The van der Waals surface area contributed by atoms with E-state index in [1.54, 1.807) is 18.2 Å². The maximum Gasteiger partial charge on any atom is 0.255 e. The minimum absolute atomic E-state index is 0.0488. The van der Waals surface area contributed by atoms with Crippen LogP contribution in [0.2, 0.25) is 5.02 Å². The molecule has 1 amide bonds. The predicted molar refractivity (Wildman–Crippen MR) is 118 cm³/mol. The van der Waals surface area contributed by atoms with Crippen LogP contribution < -0.4 is 5.32 Å². The first-order valence-corrected chi connectivity index (χ1v) is 9.76. The van der Waals surface area contributed by atoms with E-state index < -0.39 is 0 Å². The lowest BCUT2D eigenvalue weighted by Crippen LogP contribution is -2.14. The average Bonchev–Trinajstić information content (AvgIpc) is 3.11. The summed E-state index contributed by atoms with van der Waals surface area (Å²) in [5.41, 5.74) is 4.66.